The van der Waals surface area contributed by atoms with Crippen molar-refractivity contribution in [3.8, 4) is 17.0 Å². The Morgan fingerprint density at radius 2 is 1.73 bits per heavy atom. The van der Waals surface area contributed by atoms with Gasteiger partial charge in [-0.25, -0.2) is 9.18 Å². The van der Waals surface area contributed by atoms with Crippen molar-refractivity contribution in [2.24, 2.45) is 5.41 Å². The van der Waals surface area contributed by atoms with E-state index in [-0.39, 0.29) is 29.3 Å². The quantitative estimate of drug-likeness (QED) is 0.281. The van der Waals surface area contributed by atoms with Crippen molar-refractivity contribution in [3.05, 3.63) is 71.2 Å². The number of carboxylic acid groups (broad SMARTS) is 1. The van der Waals surface area contributed by atoms with E-state index in [4.69, 9.17) is 9.47 Å². The maximum atomic E-state index is 15.6. The zero-order valence-corrected chi connectivity index (χ0v) is 24.6. The SMILES string of the molecule is Cc1ncc(-c2ccc(OCCc3ccc(F)cc3)nc2F)c(N2CCC(C)(C)CC2)c1C(OC(C)(C)C)C(=O)O. The van der Waals surface area contributed by atoms with Gasteiger partial charge in [0.25, 0.3) is 0 Å². The van der Waals surface area contributed by atoms with Crippen molar-refractivity contribution in [3.63, 3.8) is 0 Å². The predicted molar refractivity (Wildman–Crippen MR) is 154 cm³/mol. The van der Waals surface area contributed by atoms with E-state index in [0.717, 1.165) is 18.4 Å². The summed E-state index contributed by atoms with van der Waals surface area (Å²) in [7, 11) is 0. The van der Waals surface area contributed by atoms with E-state index in [1.54, 1.807) is 58.2 Å². The van der Waals surface area contributed by atoms with Gasteiger partial charge in [0, 0.05) is 54.2 Å². The van der Waals surface area contributed by atoms with E-state index in [9.17, 15) is 14.3 Å². The first kappa shape index (κ1) is 30.4. The first-order chi connectivity index (χ1) is 19.2. The Morgan fingerprint density at radius 1 is 1.07 bits per heavy atom. The fourth-order valence-electron chi connectivity index (χ4n) is 5.01. The van der Waals surface area contributed by atoms with Crippen LogP contribution in [0.3, 0.4) is 0 Å². The fraction of sp³-hybridized carbons (Fsp3) is 0.469. The summed E-state index contributed by atoms with van der Waals surface area (Å²) in [4.78, 5) is 23.2. The molecule has 3 heterocycles. The fourth-order valence-corrected chi connectivity index (χ4v) is 5.01. The maximum Gasteiger partial charge on any atom is 0.337 e. The molecule has 0 amide bonds. The second-order valence-corrected chi connectivity index (χ2v) is 12.3. The van der Waals surface area contributed by atoms with E-state index >= 15 is 4.39 Å². The molecule has 1 N–H and O–H groups in total. The summed E-state index contributed by atoms with van der Waals surface area (Å²) in [6.45, 7) is 13.2. The largest absolute Gasteiger partial charge is 0.479 e. The Labute approximate surface area is 240 Å². The average Bonchev–Trinajstić information content (AvgIpc) is 2.88. The topological polar surface area (TPSA) is 84.8 Å². The van der Waals surface area contributed by atoms with Crippen LogP contribution in [0.25, 0.3) is 11.1 Å². The number of aromatic nitrogens is 2. The van der Waals surface area contributed by atoms with Crippen molar-refractivity contribution in [1.29, 1.82) is 0 Å². The standard InChI is InChI=1S/C32H39F2N3O4/c1-20-26(28(30(38)39)41-31(2,3)4)27(37-16-14-32(5,6)15-17-37)24(19-35-20)23-11-12-25(36-29(23)34)40-18-13-21-7-9-22(33)10-8-21/h7-12,19,28H,13-18H2,1-6H3,(H,38,39). The van der Waals surface area contributed by atoms with Gasteiger partial charge in [0.15, 0.2) is 6.10 Å². The van der Waals surface area contributed by atoms with E-state index < -0.39 is 23.6 Å². The molecule has 1 atom stereocenters. The summed E-state index contributed by atoms with van der Waals surface area (Å²) in [5.74, 6) is -2.07. The minimum absolute atomic E-state index is 0.120. The van der Waals surface area contributed by atoms with Gasteiger partial charge in [-0.05, 0) is 69.7 Å². The van der Waals surface area contributed by atoms with Crippen LogP contribution >= 0.6 is 0 Å². The van der Waals surface area contributed by atoms with Gasteiger partial charge in [0.05, 0.1) is 17.9 Å². The molecular formula is C32H39F2N3O4. The number of hydrogen-bond donors (Lipinski definition) is 1. The van der Waals surface area contributed by atoms with E-state index in [0.29, 0.717) is 42.0 Å². The van der Waals surface area contributed by atoms with Crippen molar-refractivity contribution in [2.75, 3.05) is 24.6 Å². The van der Waals surface area contributed by atoms with Gasteiger partial charge in [-0.15, -0.1) is 0 Å². The molecule has 0 radical (unpaired) electrons. The van der Waals surface area contributed by atoms with Crippen LogP contribution in [-0.2, 0) is 16.0 Å². The number of anilines is 1. The average molecular weight is 568 g/mol. The molecule has 2 aromatic heterocycles. The molecule has 41 heavy (non-hydrogen) atoms. The molecule has 7 nitrogen and oxygen atoms in total. The number of hydrogen-bond acceptors (Lipinski definition) is 6. The molecule has 1 fully saturated rings. The lowest BCUT2D eigenvalue weighted by Gasteiger charge is -2.40. The first-order valence-electron chi connectivity index (χ1n) is 13.9. The van der Waals surface area contributed by atoms with Gasteiger partial charge in [0.2, 0.25) is 11.8 Å². The monoisotopic (exact) mass is 567 g/mol. The van der Waals surface area contributed by atoms with Gasteiger partial charge in [-0.1, -0.05) is 26.0 Å². The number of carboxylic acids is 1. The normalized spacial score (nSPS) is 16.0. The zero-order valence-electron chi connectivity index (χ0n) is 24.6. The molecule has 1 aromatic carbocycles. The van der Waals surface area contributed by atoms with E-state index in [1.165, 1.54) is 12.1 Å². The van der Waals surface area contributed by atoms with Crippen molar-refractivity contribution in [1.82, 2.24) is 9.97 Å². The lowest BCUT2D eigenvalue weighted by Crippen LogP contribution is -2.39. The van der Waals surface area contributed by atoms with Crippen LogP contribution in [0.2, 0.25) is 0 Å². The van der Waals surface area contributed by atoms with Crippen LogP contribution in [-0.4, -0.2) is 46.3 Å². The Balaban J connectivity index is 1.71. The number of rotatable bonds is 9. The van der Waals surface area contributed by atoms with Crippen LogP contribution in [0.15, 0.2) is 42.6 Å². The van der Waals surface area contributed by atoms with Crippen molar-refractivity contribution in [2.45, 2.75) is 72.5 Å². The predicted octanol–water partition coefficient (Wildman–Crippen LogP) is 6.92. The van der Waals surface area contributed by atoms with Crippen LogP contribution < -0.4 is 9.64 Å². The molecule has 3 aromatic rings. The third kappa shape index (κ3) is 7.58. The number of carbonyl (C=O) groups is 1. The molecule has 220 valence electrons. The lowest BCUT2D eigenvalue weighted by atomic mass is 9.82. The van der Waals surface area contributed by atoms with E-state index in [2.05, 4.69) is 28.7 Å². The molecule has 1 saturated heterocycles. The molecule has 0 bridgehead atoms. The summed E-state index contributed by atoms with van der Waals surface area (Å²) in [5, 5.41) is 10.3. The highest BCUT2D eigenvalue weighted by Crippen LogP contribution is 2.44. The highest BCUT2D eigenvalue weighted by Gasteiger charge is 2.36. The summed E-state index contributed by atoms with van der Waals surface area (Å²) < 4.78 is 40.5. The molecule has 9 heteroatoms. The van der Waals surface area contributed by atoms with Gasteiger partial charge in [-0.2, -0.15) is 9.37 Å². The molecule has 1 aliphatic rings. The second-order valence-electron chi connectivity index (χ2n) is 12.3. The molecular weight excluding hydrogens is 528 g/mol. The highest BCUT2D eigenvalue weighted by molar-refractivity contribution is 5.86. The maximum absolute atomic E-state index is 15.6. The zero-order chi connectivity index (χ0) is 29.9. The van der Waals surface area contributed by atoms with Gasteiger partial charge < -0.3 is 19.5 Å². The Bertz CT molecular complexity index is 1380. The van der Waals surface area contributed by atoms with Crippen molar-refractivity contribution < 1.29 is 28.2 Å². The van der Waals surface area contributed by atoms with Crippen LogP contribution in [0, 0.1) is 24.1 Å². The minimum Gasteiger partial charge on any atom is -0.479 e. The summed E-state index contributed by atoms with van der Waals surface area (Å²) in [6, 6.07) is 9.29. The molecule has 1 aliphatic heterocycles. The lowest BCUT2D eigenvalue weighted by molar-refractivity contribution is -0.160. The molecule has 4 rings (SSSR count). The van der Waals surface area contributed by atoms with E-state index in [1.807, 2.05) is 0 Å². The minimum atomic E-state index is -1.29. The van der Waals surface area contributed by atoms with Gasteiger partial charge in [0.1, 0.15) is 5.82 Å². The number of ether oxygens (including phenoxy) is 2. The number of halogens is 2. The Kier molecular flexibility index (Phi) is 8.97. The van der Waals surface area contributed by atoms with Gasteiger partial charge in [-0.3, -0.25) is 4.98 Å². The highest BCUT2D eigenvalue weighted by atomic mass is 19.1. The number of aliphatic carboxylic acids is 1. The van der Waals surface area contributed by atoms with Crippen LogP contribution in [0.5, 0.6) is 5.88 Å². The Morgan fingerprint density at radius 3 is 2.32 bits per heavy atom. The third-order valence-electron chi connectivity index (χ3n) is 7.35. The van der Waals surface area contributed by atoms with Gasteiger partial charge >= 0.3 is 5.97 Å². The van der Waals surface area contributed by atoms with Crippen LogP contribution in [0.1, 0.15) is 70.4 Å². The smallest absolute Gasteiger partial charge is 0.337 e. The summed E-state index contributed by atoms with van der Waals surface area (Å²) in [6.07, 6.45) is 2.59. The number of pyridine rings is 2. The first-order valence-corrected chi connectivity index (χ1v) is 13.9. The van der Waals surface area contributed by atoms with Crippen molar-refractivity contribution >= 4 is 11.7 Å². The van der Waals surface area contributed by atoms with Crippen LogP contribution in [0.4, 0.5) is 14.5 Å². The third-order valence-corrected chi connectivity index (χ3v) is 7.35. The molecule has 0 spiro atoms. The summed E-state index contributed by atoms with van der Waals surface area (Å²) >= 11 is 0. The second kappa shape index (κ2) is 12.1. The molecule has 0 saturated carbocycles. The number of piperidine rings is 1. The number of benzene rings is 1. The number of aryl methyl sites for hydroxylation is 1. The Hall–Kier alpha value is -3.59. The number of nitrogens with zero attached hydrogens (tertiary/aromatic N) is 3. The molecule has 1 unspecified atom stereocenters. The summed E-state index contributed by atoms with van der Waals surface area (Å²) in [5.41, 5.74) is 2.49. The molecule has 0 aliphatic carbocycles.